The third-order valence-electron chi connectivity index (χ3n) is 19.6. The zero-order valence-corrected chi connectivity index (χ0v) is 52.1. The van der Waals surface area contributed by atoms with E-state index in [9.17, 15) is 10.5 Å². The number of aromatic nitrogens is 4. The molecule has 14 aromatic carbocycles. The summed E-state index contributed by atoms with van der Waals surface area (Å²) < 4.78 is 21.5. The molecule has 0 unspecified atom stereocenters. The van der Waals surface area contributed by atoms with Gasteiger partial charge in [0.2, 0.25) is 0 Å². The zero-order chi connectivity index (χ0) is 65.3. The first-order chi connectivity index (χ1) is 48.5. The van der Waals surface area contributed by atoms with Gasteiger partial charge >= 0.3 is 0 Å². The Kier molecular flexibility index (Phi) is 12.3. The molecule has 0 spiro atoms. The average molecular weight is 1250 g/mol. The molecule has 20 rings (SSSR count). The van der Waals surface area contributed by atoms with Crippen LogP contribution in [0.1, 0.15) is 11.1 Å². The van der Waals surface area contributed by atoms with Crippen molar-refractivity contribution < 1.29 is 8.83 Å². The van der Waals surface area contributed by atoms with Gasteiger partial charge in [-0.1, -0.05) is 170 Å². The molecule has 0 N–H and O–H groups in total. The van der Waals surface area contributed by atoms with E-state index in [2.05, 4.69) is 180 Å². The van der Waals surface area contributed by atoms with Crippen molar-refractivity contribution in [1.82, 2.24) is 18.3 Å². The Morgan fingerprint density at radius 2 is 0.612 bits per heavy atom. The third kappa shape index (κ3) is 8.17. The smallest absolute Gasteiger partial charge is 0.197 e. The number of rotatable bonds is 6. The number of benzene rings is 14. The SMILES string of the molecule is [C-]#[N+]c1cc(-n2c3ccccc3c3c4c(ccc32)oc2ccccc24)ccc1-c1ccc(-n2c3ccccc3c3ccccc32)cc1C#N.[C-]#[N+]c1cc(-n2c3ccccc3c3c4oc5ccccc5c4ccc32)ccc1-c1ccc(-n2c3ccccc3c3ccccc32)cc1C#N. The maximum Gasteiger partial charge on any atom is 0.197 e. The van der Waals surface area contributed by atoms with Gasteiger partial charge in [0.05, 0.1) is 85.9 Å². The van der Waals surface area contributed by atoms with Crippen LogP contribution in [0.3, 0.4) is 0 Å². The molecule has 0 aliphatic heterocycles. The largest absolute Gasteiger partial charge is 0.456 e. The Labute approximate surface area is 559 Å². The number of hydrogen-bond acceptors (Lipinski definition) is 4. The monoisotopic (exact) mass is 1250 g/mol. The van der Waals surface area contributed by atoms with E-state index in [1.54, 1.807) is 0 Å². The van der Waals surface area contributed by atoms with Crippen LogP contribution in [0.4, 0.5) is 11.4 Å². The Bertz CT molecular complexity index is 6900. The maximum absolute atomic E-state index is 10.4. The van der Waals surface area contributed by atoms with Gasteiger partial charge in [0.1, 0.15) is 22.3 Å². The lowest BCUT2D eigenvalue weighted by Gasteiger charge is -2.14. The summed E-state index contributed by atoms with van der Waals surface area (Å²) in [7, 11) is 0. The van der Waals surface area contributed by atoms with Gasteiger partial charge in [0, 0.05) is 82.0 Å². The van der Waals surface area contributed by atoms with Crippen LogP contribution < -0.4 is 0 Å². The molecule has 0 radical (unpaired) electrons. The molecule has 0 saturated heterocycles. The molecular formula is C88H48N8O2. The van der Waals surface area contributed by atoms with Crippen molar-refractivity contribution >= 4 is 142 Å². The molecule has 0 bridgehead atoms. The molecule has 20 aromatic rings. The molecule has 0 fully saturated rings. The van der Waals surface area contributed by atoms with Crippen LogP contribution in [0.25, 0.3) is 186 Å². The van der Waals surface area contributed by atoms with Crippen LogP contribution in [0, 0.1) is 35.8 Å². The van der Waals surface area contributed by atoms with E-state index in [1.807, 2.05) is 152 Å². The van der Waals surface area contributed by atoms with Crippen LogP contribution in [0.5, 0.6) is 0 Å². The van der Waals surface area contributed by atoms with Gasteiger partial charge in [-0.3, -0.25) is 0 Å². The number of furan rings is 2. The summed E-state index contributed by atoms with van der Waals surface area (Å²) in [5.74, 6) is 0. The Balaban J connectivity index is 0.000000137. The molecule has 6 aromatic heterocycles. The van der Waals surface area contributed by atoms with Crippen molar-refractivity contribution in [2.45, 2.75) is 0 Å². The Hall–Kier alpha value is -14.2. The van der Waals surface area contributed by atoms with E-state index < -0.39 is 0 Å². The minimum atomic E-state index is 0.481. The normalized spacial score (nSPS) is 11.6. The summed E-state index contributed by atoms with van der Waals surface area (Å²) in [6, 6.07) is 103. The van der Waals surface area contributed by atoms with E-state index in [0.29, 0.717) is 22.5 Å². The van der Waals surface area contributed by atoms with Crippen LogP contribution in [0.2, 0.25) is 0 Å². The molecular weight excluding hydrogens is 1200 g/mol. The van der Waals surface area contributed by atoms with E-state index >= 15 is 0 Å². The quantitative estimate of drug-likeness (QED) is 0.155. The summed E-state index contributed by atoms with van der Waals surface area (Å²) in [5.41, 5.74) is 20.4. The molecule has 10 heteroatoms. The van der Waals surface area contributed by atoms with E-state index in [1.165, 1.54) is 10.8 Å². The first kappa shape index (κ1) is 55.5. The molecule has 452 valence electrons. The van der Waals surface area contributed by atoms with Crippen molar-refractivity contribution in [1.29, 1.82) is 10.5 Å². The maximum atomic E-state index is 10.4. The van der Waals surface area contributed by atoms with Gasteiger partial charge in [-0.2, -0.15) is 10.5 Å². The molecule has 0 saturated carbocycles. The molecule has 0 aliphatic rings. The van der Waals surface area contributed by atoms with Gasteiger partial charge in [-0.15, -0.1) is 0 Å². The van der Waals surface area contributed by atoms with Crippen LogP contribution in [-0.2, 0) is 0 Å². The highest BCUT2D eigenvalue weighted by molar-refractivity contribution is 6.28. The highest BCUT2D eigenvalue weighted by Crippen LogP contribution is 2.46. The standard InChI is InChI=1S/2C44H24N4O/c1-46-37-25-29(48-40-16-8-4-13-36(40)43-41(48)23-22-35-34-12-5-9-17-42(34)49-44(35)43)19-21-31(37)30-20-18-28(24-27(30)26-45)47-38-14-6-2-10-32(38)33-11-3-7-15-39(33)47;1-46-36-25-29(48-39-16-8-4-12-34(39)43-40(48)22-23-42-44(43)35-13-5-9-17-41(35)49-42)19-21-31(36)30-20-18-28(24-27(30)26-45)47-37-14-6-2-10-32(37)33-11-3-7-15-38(33)47/h2*2-25H. The van der Waals surface area contributed by atoms with Crippen LogP contribution in [-0.4, -0.2) is 18.3 Å². The van der Waals surface area contributed by atoms with Crippen LogP contribution in [0.15, 0.2) is 300 Å². The lowest BCUT2D eigenvalue weighted by molar-refractivity contribution is 0.669. The number of hydrogen-bond donors (Lipinski definition) is 0. The summed E-state index contributed by atoms with van der Waals surface area (Å²) in [6.07, 6.45) is 0. The van der Waals surface area contributed by atoms with Crippen LogP contribution >= 0.6 is 0 Å². The second kappa shape index (κ2) is 21.7. The lowest BCUT2D eigenvalue weighted by Crippen LogP contribution is -1.97. The fraction of sp³-hybridized carbons (Fsp3) is 0. The second-order valence-corrected chi connectivity index (χ2v) is 24.6. The third-order valence-corrected chi connectivity index (χ3v) is 19.6. The van der Waals surface area contributed by atoms with Crippen molar-refractivity contribution in [2.24, 2.45) is 0 Å². The zero-order valence-electron chi connectivity index (χ0n) is 52.1. The highest BCUT2D eigenvalue weighted by Gasteiger charge is 2.24. The van der Waals surface area contributed by atoms with Gasteiger partial charge < -0.3 is 27.1 Å². The van der Waals surface area contributed by atoms with E-state index in [0.717, 1.165) is 165 Å². The van der Waals surface area contributed by atoms with E-state index in [-0.39, 0.29) is 0 Å². The van der Waals surface area contributed by atoms with E-state index in [4.69, 9.17) is 22.0 Å². The molecule has 0 aliphatic carbocycles. The summed E-state index contributed by atoms with van der Waals surface area (Å²) in [4.78, 5) is 7.99. The van der Waals surface area contributed by atoms with Crippen molar-refractivity contribution in [3.8, 4) is 57.1 Å². The van der Waals surface area contributed by atoms with Gasteiger partial charge in [0.15, 0.2) is 11.4 Å². The van der Waals surface area contributed by atoms with Crippen molar-refractivity contribution in [3.63, 3.8) is 0 Å². The minimum absolute atomic E-state index is 0.481. The fourth-order valence-electron chi connectivity index (χ4n) is 15.4. The number of fused-ring (bicyclic) bond motifs is 20. The Morgan fingerprint density at radius 3 is 1.07 bits per heavy atom. The molecule has 0 atom stereocenters. The number of nitriles is 2. The second-order valence-electron chi connectivity index (χ2n) is 24.6. The fourth-order valence-corrected chi connectivity index (χ4v) is 15.4. The molecule has 0 amide bonds. The first-order valence-corrected chi connectivity index (χ1v) is 32.2. The highest BCUT2D eigenvalue weighted by atomic mass is 16.3. The predicted molar refractivity (Wildman–Crippen MR) is 398 cm³/mol. The topological polar surface area (TPSA) is 102 Å². The lowest BCUT2D eigenvalue weighted by atomic mass is 9.97. The van der Waals surface area contributed by atoms with Gasteiger partial charge in [0.25, 0.3) is 0 Å². The minimum Gasteiger partial charge on any atom is -0.456 e. The van der Waals surface area contributed by atoms with Gasteiger partial charge in [-0.25, -0.2) is 9.69 Å². The molecule has 98 heavy (non-hydrogen) atoms. The van der Waals surface area contributed by atoms with Crippen molar-refractivity contribution in [3.05, 3.63) is 325 Å². The summed E-state index contributed by atoms with van der Waals surface area (Å²) in [6.45, 7) is 16.5. The summed E-state index contributed by atoms with van der Waals surface area (Å²) in [5, 5.41) is 34.2. The predicted octanol–water partition coefficient (Wildman–Crippen LogP) is 23.7. The molecule has 6 heterocycles. The average Bonchev–Trinajstić information content (AvgIpc) is 1.56. The number of para-hydroxylation sites is 8. The Morgan fingerprint density at radius 1 is 0.265 bits per heavy atom. The van der Waals surface area contributed by atoms with Gasteiger partial charge in [-0.05, 0) is 144 Å². The first-order valence-electron chi connectivity index (χ1n) is 32.2. The summed E-state index contributed by atoms with van der Waals surface area (Å²) >= 11 is 0. The molecule has 10 nitrogen and oxygen atoms in total. The number of nitrogens with zero attached hydrogens (tertiary/aromatic N) is 8. The van der Waals surface area contributed by atoms with Crippen molar-refractivity contribution in [2.75, 3.05) is 0 Å².